The van der Waals surface area contributed by atoms with E-state index in [1.54, 1.807) is 0 Å². The maximum Gasteiger partial charge on any atom is 0.0672 e. The lowest BCUT2D eigenvalue weighted by Crippen LogP contribution is -2.12. The van der Waals surface area contributed by atoms with Gasteiger partial charge in [0.1, 0.15) is 0 Å². The zero-order valence-corrected chi connectivity index (χ0v) is 4.45. The van der Waals surface area contributed by atoms with E-state index < -0.39 is 0 Å². The van der Waals surface area contributed by atoms with E-state index >= 15 is 0 Å². The van der Waals surface area contributed by atoms with Crippen molar-refractivity contribution in [1.29, 1.82) is 0 Å². The van der Waals surface area contributed by atoms with Gasteiger partial charge < -0.3 is 5.11 Å². The summed E-state index contributed by atoms with van der Waals surface area (Å²) in [7, 11) is 0. The van der Waals surface area contributed by atoms with Gasteiger partial charge in [-0.2, -0.15) is 0 Å². The van der Waals surface area contributed by atoms with Crippen LogP contribution in [0, 0.1) is 4.91 Å². The van der Waals surface area contributed by atoms with Crippen molar-refractivity contribution in [2.24, 2.45) is 5.29 Å². The van der Waals surface area contributed by atoms with Gasteiger partial charge in [-0.1, -0.05) is 6.58 Å². The fourth-order valence-electron chi connectivity index (χ4n) is 0.268. The molecule has 0 atom stereocenters. The molecule has 4 nitrogen and oxygen atoms in total. The first kappa shape index (κ1) is 7.10. The second-order valence-corrected chi connectivity index (χ2v) is 1.15. The van der Waals surface area contributed by atoms with Crippen molar-refractivity contribution in [3.05, 3.63) is 17.7 Å². The first-order chi connectivity index (χ1) is 3.85. The number of nitrogens with zero attached hydrogens (tertiary/aromatic N) is 2. The van der Waals surface area contributed by atoms with Crippen LogP contribution in [0.4, 0.5) is 0 Å². The summed E-state index contributed by atoms with van der Waals surface area (Å²) in [6.45, 7) is 3.40. The van der Waals surface area contributed by atoms with E-state index in [9.17, 15) is 4.91 Å². The molecule has 0 unspecified atom stereocenters. The summed E-state index contributed by atoms with van der Waals surface area (Å²) in [5, 5.41) is 11.7. The van der Waals surface area contributed by atoms with E-state index in [0.717, 1.165) is 5.01 Å². The van der Waals surface area contributed by atoms with Crippen LogP contribution in [0.3, 0.4) is 0 Å². The van der Waals surface area contributed by atoms with Crippen molar-refractivity contribution in [3.8, 4) is 0 Å². The molecule has 0 aromatic carbocycles. The van der Waals surface area contributed by atoms with Crippen LogP contribution in [0.25, 0.3) is 0 Å². The summed E-state index contributed by atoms with van der Waals surface area (Å²) in [5.41, 5.74) is 0. The summed E-state index contributed by atoms with van der Waals surface area (Å²) >= 11 is 0. The van der Waals surface area contributed by atoms with Gasteiger partial charge in [-0.3, -0.25) is 0 Å². The molecule has 0 saturated carbocycles. The van der Waals surface area contributed by atoms with Crippen LogP contribution < -0.4 is 0 Å². The maximum atomic E-state index is 9.62. The van der Waals surface area contributed by atoms with E-state index in [1.165, 1.54) is 6.20 Å². The van der Waals surface area contributed by atoms with Gasteiger partial charge in [0.2, 0.25) is 0 Å². The third-order valence-electron chi connectivity index (χ3n) is 0.645. The van der Waals surface area contributed by atoms with Crippen molar-refractivity contribution >= 4 is 0 Å². The van der Waals surface area contributed by atoms with Crippen LogP contribution in [0.15, 0.2) is 18.1 Å². The van der Waals surface area contributed by atoms with Crippen molar-refractivity contribution in [1.82, 2.24) is 5.01 Å². The topological polar surface area (TPSA) is 52.9 Å². The minimum absolute atomic E-state index is 0.0856. The van der Waals surface area contributed by atoms with Crippen LogP contribution in [-0.4, -0.2) is 23.3 Å². The summed E-state index contributed by atoms with van der Waals surface area (Å²) in [6.07, 6.45) is 1.25. The monoisotopic (exact) mass is 116 g/mol. The summed E-state index contributed by atoms with van der Waals surface area (Å²) in [4.78, 5) is 9.62. The molecule has 0 heterocycles. The van der Waals surface area contributed by atoms with E-state index in [2.05, 4.69) is 11.9 Å². The Morgan fingerprint density at radius 2 is 2.50 bits per heavy atom. The fraction of sp³-hybridized carbons (Fsp3) is 0.500. The number of aliphatic hydroxyl groups excluding tert-OH is 1. The summed E-state index contributed by atoms with van der Waals surface area (Å²) in [6, 6.07) is 0. The second kappa shape index (κ2) is 4.26. The molecule has 0 saturated heterocycles. The Bertz CT molecular complexity index is 76.1. The Morgan fingerprint density at radius 3 is 2.62 bits per heavy atom. The summed E-state index contributed by atoms with van der Waals surface area (Å²) in [5.74, 6) is 0. The Kier molecular flexibility index (Phi) is 3.78. The lowest BCUT2D eigenvalue weighted by Gasteiger charge is -2.03. The minimum atomic E-state index is -0.0856. The predicted octanol–water partition coefficient (Wildman–Crippen LogP) is 0.106. The zero-order chi connectivity index (χ0) is 6.41. The van der Waals surface area contributed by atoms with Gasteiger partial charge in [0.15, 0.2) is 0 Å². The highest BCUT2D eigenvalue weighted by Crippen LogP contribution is 1.84. The summed E-state index contributed by atoms with van der Waals surface area (Å²) < 4.78 is 0. The minimum Gasteiger partial charge on any atom is -0.394 e. The molecule has 0 radical (unpaired) electrons. The number of hydrogen-bond donors (Lipinski definition) is 1. The molecule has 0 spiro atoms. The Hall–Kier alpha value is -0.900. The van der Waals surface area contributed by atoms with E-state index in [0.29, 0.717) is 0 Å². The van der Waals surface area contributed by atoms with Crippen LogP contribution in [-0.2, 0) is 0 Å². The van der Waals surface area contributed by atoms with Gasteiger partial charge in [-0.05, 0) is 0 Å². The Morgan fingerprint density at radius 1 is 1.88 bits per heavy atom. The molecule has 1 N–H and O–H groups in total. The number of aliphatic hydroxyl groups is 1. The highest BCUT2D eigenvalue weighted by molar-refractivity contribution is 4.64. The molecule has 4 heteroatoms. The molecule has 8 heavy (non-hydrogen) atoms. The standard InChI is InChI=1S/C4H8N2O2/c1-2-6(5-8)3-4-7/h2,7H,1,3-4H2. The number of hydrogen-bond acceptors (Lipinski definition) is 3. The van der Waals surface area contributed by atoms with Crippen molar-refractivity contribution in [3.63, 3.8) is 0 Å². The van der Waals surface area contributed by atoms with Crippen molar-refractivity contribution in [2.75, 3.05) is 13.2 Å². The quantitative estimate of drug-likeness (QED) is 0.419. The number of rotatable bonds is 4. The zero-order valence-electron chi connectivity index (χ0n) is 4.45. The van der Waals surface area contributed by atoms with E-state index in [-0.39, 0.29) is 13.2 Å². The second-order valence-electron chi connectivity index (χ2n) is 1.15. The van der Waals surface area contributed by atoms with Gasteiger partial charge in [-0.15, -0.1) is 4.91 Å². The Balaban J connectivity index is 3.35. The highest BCUT2D eigenvalue weighted by Gasteiger charge is 1.90. The average Bonchev–Trinajstić information content (AvgIpc) is 1.83. The first-order valence-corrected chi connectivity index (χ1v) is 2.18. The van der Waals surface area contributed by atoms with Crippen molar-refractivity contribution < 1.29 is 5.11 Å². The van der Waals surface area contributed by atoms with Crippen LogP contribution >= 0.6 is 0 Å². The molecule has 0 aliphatic carbocycles. The normalized spacial score (nSPS) is 8.12. The SMILES string of the molecule is C=CN(CCO)N=O. The molecule has 0 aromatic rings. The molecule has 46 valence electrons. The highest BCUT2D eigenvalue weighted by atomic mass is 16.3. The molecule has 0 aliphatic heterocycles. The van der Waals surface area contributed by atoms with E-state index in [4.69, 9.17) is 5.11 Å². The predicted molar refractivity (Wildman–Crippen MR) is 29.8 cm³/mol. The van der Waals surface area contributed by atoms with Crippen LogP contribution in [0.1, 0.15) is 0 Å². The maximum absolute atomic E-state index is 9.62. The molecular formula is C4H8N2O2. The van der Waals surface area contributed by atoms with Gasteiger partial charge in [-0.25, -0.2) is 5.01 Å². The molecule has 0 aliphatic rings. The molecule has 0 fully saturated rings. The van der Waals surface area contributed by atoms with E-state index in [1.807, 2.05) is 0 Å². The van der Waals surface area contributed by atoms with Crippen molar-refractivity contribution in [2.45, 2.75) is 0 Å². The molecule has 0 amide bonds. The molecule has 0 aromatic heterocycles. The lowest BCUT2D eigenvalue weighted by atomic mass is 10.7. The lowest BCUT2D eigenvalue weighted by molar-refractivity contribution is 0.240. The van der Waals surface area contributed by atoms with Gasteiger partial charge in [0, 0.05) is 6.20 Å². The molecule has 0 rings (SSSR count). The number of nitroso groups, excluding NO2 is 1. The van der Waals surface area contributed by atoms with Crippen LogP contribution in [0.5, 0.6) is 0 Å². The fourth-order valence-corrected chi connectivity index (χ4v) is 0.268. The third-order valence-corrected chi connectivity index (χ3v) is 0.645. The smallest absolute Gasteiger partial charge is 0.0672 e. The van der Waals surface area contributed by atoms with Gasteiger partial charge in [0.05, 0.1) is 18.4 Å². The van der Waals surface area contributed by atoms with Gasteiger partial charge in [0.25, 0.3) is 0 Å². The average molecular weight is 116 g/mol. The Labute approximate surface area is 47.4 Å². The van der Waals surface area contributed by atoms with Gasteiger partial charge >= 0.3 is 0 Å². The van der Waals surface area contributed by atoms with Crippen LogP contribution in [0.2, 0.25) is 0 Å². The first-order valence-electron chi connectivity index (χ1n) is 2.18. The molecular weight excluding hydrogens is 108 g/mol. The molecule has 0 bridgehead atoms. The third kappa shape index (κ3) is 2.30. The largest absolute Gasteiger partial charge is 0.394 e.